The van der Waals surface area contributed by atoms with E-state index in [0.717, 1.165) is 31.5 Å². The van der Waals surface area contributed by atoms with E-state index in [1.54, 1.807) is 6.07 Å². The van der Waals surface area contributed by atoms with E-state index in [0.29, 0.717) is 31.5 Å². The van der Waals surface area contributed by atoms with Crippen LogP contribution in [0.25, 0.3) is 0 Å². The lowest BCUT2D eigenvalue weighted by molar-refractivity contribution is 0.122. The number of nitrogens with one attached hydrogen (secondary N) is 1. The van der Waals surface area contributed by atoms with Crippen LogP contribution in [0, 0.1) is 5.82 Å². The number of anilines is 1. The number of ether oxygens (including phenoxy) is 1. The molecule has 1 unspecified atom stereocenters. The minimum Gasteiger partial charge on any atom is -0.396 e. The minimum atomic E-state index is -0.167. The maximum atomic E-state index is 14.2. The molecule has 0 saturated carbocycles. The minimum absolute atomic E-state index is 0.167. The summed E-state index contributed by atoms with van der Waals surface area (Å²) >= 11 is 0. The zero-order valence-corrected chi connectivity index (χ0v) is 12.6. The lowest BCUT2D eigenvalue weighted by atomic mass is 10.1. The zero-order chi connectivity index (χ0) is 15.1. The average Bonchev–Trinajstić information content (AvgIpc) is 2.52. The van der Waals surface area contributed by atoms with Crippen LogP contribution < -0.4 is 10.2 Å². The van der Waals surface area contributed by atoms with Crippen LogP contribution in [0.2, 0.25) is 0 Å². The van der Waals surface area contributed by atoms with E-state index < -0.39 is 0 Å². The second-order valence-corrected chi connectivity index (χ2v) is 5.53. The monoisotopic (exact) mass is 296 g/mol. The first-order chi connectivity index (χ1) is 10.2. The standard InChI is InChI=1S/C16H25FN2O2/c1-13(3-2-8-20)18-12-14-4-5-16(15(17)11-14)19-6-9-21-10-7-19/h4-5,11,13,18,20H,2-3,6-10,12H2,1H3. The predicted molar refractivity (Wildman–Crippen MR) is 82.1 cm³/mol. The van der Waals surface area contributed by atoms with Gasteiger partial charge in [-0.3, -0.25) is 0 Å². The molecule has 1 aromatic carbocycles. The summed E-state index contributed by atoms with van der Waals surface area (Å²) in [5.74, 6) is -0.167. The Morgan fingerprint density at radius 2 is 2.14 bits per heavy atom. The van der Waals surface area contributed by atoms with Gasteiger partial charge < -0.3 is 20.1 Å². The van der Waals surface area contributed by atoms with E-state index in [2.05, 4.69) is 12.2 Å². The van der Waals surface area contributed by atoms with E-state index in [1.165, 1.54) is 0 Å². The van der Waals surface area contributed by atoms with Crippen molar-refractivity contribution in [1.82, 2.24) is 5.32 Å². The lowest BCUT2D eigenvalue weighted by Gasteiger charge is -2.29. The molecule has 0 bridgehead atoms. The van der Waals surface area contributed by atoms with Crippen LogP contribution in [-0.2, 0) is 11.3 Å². The molecule has 1 saturated heterocycles. The van der Waals surface area contributed by atoms with Gasteiger partial charge in [0.15, 0.2) is 0 Å². The summed E-state index contributed by atoms with van der Waals surface area (Å²) in [6, 6.07) is 5.76. The number of hydrogen-bond acceptors (Lipinski definition) is 4. The average molecular weight is 296 g/mol. The molecule has 1 aliphatic heterocycles. The van der Waals surface area contributed by atoms with Gasteiger partial charge in [-0.2, -0.15) is 0 Å². The Bertz CT molecular complexity index is 436. The first-order valence-electron chi connectivity index (χ1n) is 7.66. The van der Waals surface area contributed by atoms with Gasteiger partial charge >= 0.3 is 0 Å². The van der Waals surface area contributed by atoms with Crippen molar-refractivity contribution in [2.75, 3.05) is 37.8 Å². The highest BCUT2D eigenvalue weighted by molar-refractivity contribution is 5.49. The Kier molecular flexibility index (Phi) is 6.42. The van der Waals surface area contributed by atoms with E-state index in [9.17, 15) is 4.39 Å². The third-order valence-electron chi connectivity index (χ3n) is 3.81. The molecule has 1 aliphatic rings. The first kappa shape index (κ1) is 16.2. The second kappa shape index (κ2) is 8.32. The Labute approximate surface area is 125 Å². The summed E-state index contributed by atoms with van der Waals surface area (Å²) < 4.78 is 19.5. The molecule has 0 amide bonds. The number of nitrogens with zero attached hydrogens (tertiary/aromatic N) is 1. The van der Waals surface area contributed by atoms with E-state index >= 15 is 0 Å². The molecule has 2 N–H and O–H groups in total. The van der Waals surface area contributed by atoms with Crippen LogP contribution in [0.5, 0.6) is 0 Å². The number of hydrogen-bond donors (Lipinski definition) is 2. The fraction of sp³-hybridized carbons (Fsp3) is 0.625. The highest BCUT2D eigenvalue weighted by Crippen LogP contribution is 2.21. The Morgan fingerprint density at radius 1 is 1.38 bits per heavy atom. The van der Waals surface area contributed by atoms with Gasteiger partial charge in [0.1, 0.15) is 5.82 Å². The molecule has 0 aliphatic carbocycles. The number of aliphatic hydroxyl groups excluding tert-OH is 1. The van der Waals surface area contributed by atoms with Crippen molar-refractivity contribution in [3.8, 4) is 0 Å². The SMILES string of the molecule is CC(CCCO)NCc1ccc(N2CCOCC2)c(F)c1. The highest BCUT2D eigenvalue weighted by Gasteiger charge is 2.15. The maximum absolute atomic E-state index is 14.2. The second-order valence-electron chi connectivity index (χ2n) is 5.53. The van der Waals surface area contributed by atoms with Gasteiger partial charge in [-0.05, 0) is 37.5 Å². The molecule has 118 valence electrons. The third kappa shape index (κ3) is 4.95. The number of aliphatic hydroxyl groups is 1. The molecule has 0 spiro atoms. The summed E-state index contributed by atoms with van der Waals surface area (Å²) in [6.07, 6.45) is 1.71. The fourth-order valence-electron chi connectivity index (χ4n) is 2.51. The predicted octanol–water partition coefficient (Wildman–Crippen LogP) is 1.91. The van der Waals surface area contributed by atoms with Crippen LogP contribution in [0.4, 0.5) is 10.1 Å². The molecule has 5 heteroatoms. The van der Waals surface area contributed by atoms with E-state index in [1.807, 2.05) is 17.0 Å². The molecule has 0 aromatic heterocycles. The molecule has 21 heavy (non-hydrogen) atoms. The number of benzene rings is 1. The van der Waals surface area contributed by atoms with Gasteiger partial charge in [0.25, 0.3) is 0 Å². The maximum Gasteiger partial charge on any atom is 0.146 e. The van der Waals surface area contributed by atoms with Crippen molar-refractivity contribution < 1.29 is 14.2 Å². The van der Waals surface area contributed by atoms with Crippen LogP contribution in [0.3, 0.4) is 0 Å². The Balaban J connectivity index is 1.89. The van der Waals surface area contributed by atoms with Crippen molar-refractivity contribution in [1.29, 1.82) is 0 Å². The highest BCUT2D eigenvalue weighted by atomic mass is 19.1. The molecular weight excluding hydrogens is 271 g/mol. The van der Waals surface area contributed by atoms with Crippen molar-refractivity contribution >= 4 is 5.69 Å². The van der Waals surface area contributed by atoms with Crippen LogP contribution in [0.15, 0.2) is 18.2 Å². The van der Waals surface area contributed by atoms with Gasteiger partial charge in [0.05, 0.1) is 18.9 Å². The van der Waals surface area contributed by atoms with Crippen molar-refractivity contribution in [2.45, 2.75) is 32.4 Å². The van der Waals surface area contributed by atoms with Crippen molar-refractivity contribution in [2.24, 2.45) is 0 Å². The first-order valence-corrected chi connectivity index (χ1v) is 7.66. The fourth-order valence-corrected chi connectivity index (χ4v) is 2.51. The number of morpholine rings is 1. The van der Waals surface area contributed by atoms with Gasteiger partial charge in [0, 0.05) is 32.3 Å². The topological polar surface area (TPSA) is 44.7 Å². The zero-order valence-electron chi connectivity index (χ0n) is 12.6. The summed E-state index contributed by atoms with van der Waals surface area (Å²) in [5, 5.41) is 12.1. The Morgan fingerprint density at radius 3 is 2.81 bits per heavy atom. The summed E-state index contributed by atoms with van der Waals surface area (Å²) in [4.78, 5) is 2.03. The third-order valence-corrected chi connectivity index (χ3v) is 3.81. The van der Waals surface area contributed by atoms with Gasteiger partial charge in [-0.15, -0.1) is 0 Å². The molecule has 0 radical (unpaired) electrons. The smallest absolute Gasteiger partial charge is 0.146 e. The van der Waals surface area contributed by atoms with Gasteiger partial charge in [-0.25, -0.2) is 4.39 Å². The molecule has 1 aromatic rings. The Hall–Kier alpha value is -1.17. The van der Waals surface area contributed by atoms with Crippen molar-refractivity contribution in [3.05, 3.63) is 29.6 Å². The van der Waals surface area contributed by atoms with E-state index in [-0.39, 0.29) is 12.4 Å². The molecule has 4 nitrogen and oxygen atoms in total. The molecular formula is C16H25FN2O2. The summed E-state index contributed by atoms with van der Waals surface area (Å²) in [5.41, 5.74) is 1.61. The van der Waals surface area contributed by atoms with Gasteiger partial charge in [-0.1, -0.05) is 6.07 Å². The quantitative estimate of drug-likeness (QED) is 0.807. The summed E-state index contributed by atoms with van der Waals surface area (Å²) in [6.45, 7) is 5.74. The molecule has 1 fully saturated rings. The molecule has 1 heterocycles. The van der Waals surface area contributed by atoms with Crippen LogP contribution >= 0.6 is 0 Å². The van der Waals surface area contributed by atoms with E-state index in [4.69, 9.17) is 9.84 Å². The number of rotatable bonds is 7. The molecule has 1 atom stereocenters. The lowest BCUT2D eigenvalue weighted by Crippen LogP contribution is -2.36. The molecule has 2 rings (SSSR count). The largest absolute Gasteiger partial charge is 0.396 e. The normalized spacial score (nSPS) is 17.0. The van der Waals surface area contributed by atoms with Crippen LogP contribution in [-0.4, -0.2) is 44.1 Å². The van der Waals surface area contributed by atoms with Gasteiger partial charge in [0.2, 0.25) is 0 Å². The number of halogens is 1. The van der Waals surface area contributed by atoms with Crippen molar-refractivity contribution in [3.63, 3.8) is 0 Å². The summed E-state index contributed by atoms with van der Waals surface area (Å²) in [7, 11) is 0. The van der Waals surface area contributed by atoms with Crippen LogP contribution in [0.1, 0.15) is 25.3 Å².